The van der Waals surface area contributed by atoms with Crippen LogP contribution in [0, 0.1) is 0 Å². The molecule has 0 rings (SSSR count). The van der Waals surface area contributed by atoms with Crippen molar-refractivity contribution in [3.63, 3.8) is 0 Å². The normalized spacial score (nSPS) is 6.60. The van der Waals surface area contributed by atoms with Gasteiger partial charge in [0.1, 0.15) is 0 Å². The lowest BCUT2D eigenvalue weighted by atomic mass is 11.4. The molecule has 0 fully saturated rings. The first-order valence-corrected chi connectivity index (χ1v) is 1.74. The lowest BCUT2D eigenvalue weighted by molar-refractivity contribution is 0.429. The van der Waals surface area contributed by atoms with Crippen molar-refractivity contribution in [2.45, 2.75) is 0 Å². The Morgan fingerprint density at radius 3 is 2.20 bits per heavy atom. The molecule has 0 saturated carbocycles. The number of thiol groups is 1. The third-order valence-electron chi connectivity index (χ3n) is 0.0913. The summed E-state index contributed by atoms with van der Waals surface area (Å²) in [5, 5.41) is 8.89. The van der Waals surface area contributed by atoms with Crippen molar-refractivity contribution >= 4 is 30.2 Å². The predicted molar refractivity (Wildman–Crippen MR) is 25.4 cm³/mol. The zero-order chi connectivity index (χ0) is 4.28. The summed E-state index contributed by atoms with van der Waals surface area (Å²) < 4.78 is 1.90. The molecule has 0 aromatic heterocycles. The van der Waals surface area contributed by atoms with Crippen LogP contribution in [-0.2, 0) is 5.11 Å². The van der Waals surface area contributed by atoms with E-state index < -0.39 is 5.17 Å². The van der Waals surface area contributed by atoms with Crippen LogP contribution in [0.1, 0.15) is 0 Å². The molecule has 29 valence electrons. The fraction of sp³-hybridized carbons (Fsp3) is 0. The van der Waals surface area contributed by atoms with Crippen molar-refractivity contribution in [2.24, 2.45) is 0 Å². The summed E-state index contributed by atoms with van der Waals surface area (Å²) in [6.45, 7) is 0. The molecule has 0 saturated heterocycles. The minimum absolute atomic E-state index is 0.548. The molecule has 0 spiro atoms. The van der Waals surface area contributed by atoms with Gasteiger partial charge in [0.2, 0.25) is 0 Å². The van der Waals surface area contributed by atoms with Crippen LogP contribution in [0.4, 0.5) is 0 Å². The van der Waals surface area contributed by atoms with E-state index in [1.54, 1.807) is 0 Å². The van der Waals surface area contributed by atoms with Crippen molar-refractivity contribution < 1.29 is 5.11 Å². The van der Waals surface area contributed by atoms with Crippen LogP contribution in [0.25, 0.3) is 0 Å². The molecule has 1 N–H and O–H groups in total. The lowest BCUT2D eigenvalue weighted by Gasteiger charge is -1.76. The highest BCUT2D eigenvalue weighted by atomic mass is 32.1. The van der Waals surface area contributed by atoms with Crippen molar-refractivity contribution in [1.82, 2.24) is 4.72 Å². The molecule has 1 radical (unpaired) electrons. The highest BCUT2D eigenvalue weighted by molar-refractivity contribution is 7.84. The van der Waals surface area contributed by atoms with Crippen molar-refractivity contribution in [3.8, 4) is 0 Å². The number of hydrogen-bond acceptors (Lipinski definition) is 2. The molecule has 0 unspecified atom stereocenters. The van der Waals surface area contributed by atoms with Gasteiger partial charge in [-0.3, -0.25) is 9.83 Å². The zero-order valence-corrected chi connectivity index (χ0v) is 3.97. The predicted octanol–water partition coefficient (Wildman–Crippen LogP) is 0.136. The summed E-state index contributed by atoms with van der Waals surface area (Å²) in [5.74, 6) is 0. The van der Waals surface area contributed by atoms with Gasteiger partial charge in [0.25, 0.3) is 0 Å². The highest BCUT2D eigenvalue weighted by Crippen LogP contribution is 1.61. The highest BCUT2D eigenvalue weighted by Gasteiger charge is 1.76. The van der Waals surface area contributed by atoms with E-state index in [1.165, 1.54) is 0 Å². The minimum atomic E-state index is -0.548. The maximum Gasteiger partial charge on any atom is 0.320 e. The van der Waals surface area contributed by atoms with E-state index in [0.29, 0.717) is 0 Å². The molecule has 0 bridgehead atoms. The van der Waals surface area contributed by atoms with Gasteiger partial charge in [0.05, 0.1) is 0 Å². The van der Waals surface area contributed by atoms with Crippen molar-refractivity contribution in [2.75, 3.05) is 0 Å². The monoisotopic (exact) mass is 108 g/mol. The average molecular weight is 108 g/mol. The Balaban J connectivity index is 2.85. The van der Waals surface area contributed by atoms with Gasteiger partial charge < -0.3 is 0 Å². The molecule has 0 aliphatic rings. The van der Waals surface area contributed by atoms with Gasteiger partial charge in [0, 0.05) is 0 Å². The Kier molecular flexibility index (Phi) is 2.31. The standard InChI is InChI=1S/CH2NOS2/c3-1(4)2-5/h5H,(H,2,4). The summed E-state index contributed by atoms with van der Waals surface area (Å²) in [6, 6.07) is 0. The molecule has 0 aromatic carbocycles. The van der Waals surface area contributed by atoms with Crippen LogP contribution < -0.4 is 4.72 Å². The number of nitrogens with one attached hydrogen (secondary N) is 1. The Morgan fingerprint density at radius 1 is 2.00 bits per heavy atom. The zero-order valence-electron chi connectivity index (χ0n) is 2.26. The fourth-order valence-electron chi connectivity index (χ4n) is 0. The third kappa shape index (κ3) is 4.04. The summed E-state index contributed by atoms with van der Waals surface area (Å²) >= 11 is 7.27. The topological polar surface area (TPSA) is 31.9 Å². The summed E-state index contributed by atoms with van der Waals surface area (Å²) in [4.78, 5) is 0. The summed E-state index contributed by atoms with van der Waals surface area (Å²) in [6.07, 6.45) is 0. The molecule has 0 aliphatic carbocycles. The number of rotatable bonds is 0. The van der Waals surface area contributed by atoms with Crippen LogP contribution in [0.2, 0.25) is 0 Å². The molecule has 0 aromatic rings. The Labute approximate surface area is 40.7 Å². The maximum absolute atomic E-state index is 9.44. The SMILES string of the molecule is [O]C(=S)NS. The van der Waals surface area contributed by atoms with E-state index in [4.69, 9.17) is 0 Å². The van der Waals surface area contributed by atoms with Crippen LogP contribution in [0.3, 0.4) is 0 Å². The summed E-state index contributed by atoms with van der Waals surface area (Å²) in [5.41, 5.74) is 0. The molecule has 0 heterocycles. The van der Waals surface area contributed by atoms with Crippen LogP contribution in [0.5, 0.6) is 0 Å². The first-order valence-electron chi connectivity index (χ1n) is 0.882. The van der Waals surface area contributed by atoms with E-state index in [2.05, 4.69) is 25.0 Å². The first-order chi connectivity index (χ1) is 2.27. The molecule has 5 heavy (non-hydrogen) atoms. The molecule has 0 aliphatic heterocycles. The van der Waals surface area contributed by atoms with E-state index in [1.807, 2.05) is 4.72 Å². The van der Waals surface area contributed by atoms with Crippen LogP contribution >= 0.6 is 25.0 Å². The molecular formula is CH2NOS2. The van der Waals surface area contributed by atoms with E-state index in [0.717, 1.165) is 0 Å². The van der Waals surface area contributed by atoms with Gasteiger partial charge in [0.15, 0.2) is 0 Å². The summed E-state index contributed by atoms with van der Waals surface area (Å²) in [7, 11) is 0. The Bertz CT molecular complexity index is 44.9. The quantitative estimate of drug-likeness (QED) is 0.341. The second kappa shape index (κ2) is 2.29. The Morgan fingerprint density at radius 2 is 2.20 bits per heavy atom. The fourth-order valence-corrected chi connectivity index (χ4v) is 0. The molecule has 4 heteroatoms. The molecular weight excluding hydrogens is 106 g/mol. The second-order valence-electron chi connectivity index (χ2n) is 0.399. The van der Waals surface area contributed by atoms with Gasteiger partial charge in [-0.15, -0.1) is 0 Å². The van der Waals surface area contributed by atoms with Gasteiger partial charge in [-0.1, -0.05) is 12.8 Å². The largest absolute Gasteiger partial charge is 0.320 e. The van der Waals surface area contributed by atoms with Gasteiger partial charge in [-0.25, -0.2) is 0 Å². The van der Waals surface area contributed by atoms with Crippen molar-refractivity contribution in [1.29, 1.82) is 0 Å². The first kappa shape index (κ1) is 5.04. The molecule has 0 atom stereocenters. The van der Waals surface area contributed by atoms with Crippen LogP contribution in [0.15, 0.2) is 0 Å². The van der Waals surface area contributed by atoms with E-state index in [-0.39, 0.29) is 0 Å². The van der Waals surface area contributed by atoms with Gasteiger partial charge in [-0.05, 0) is 12.2 Å². The number of thiocarbonyl (C=S) groups is 1. The average Bonchev–Trinajstić information content (AvgIpc) is 1.38. The minimum Gasteiger partial charge on any atom is -0.290 e. The Hall–Kier alpha value is 0.0400. The smallest absolute Gasteiger partial charge is 0.290 e. The number of hydrogen-bond donors (Lipinski definition) is 2. The molecule has 2 nitrogen and oxygen atoms in total. The van der Waals surface area contributed by atoms with E-state index >= 15 is 0 Å². The van der Waals surface area contributed by atoms with Gasteiger partial charge in [-0.2, -0.15) is 0 Å². The molecule has 0 amide bonds. The second-order valence-corrected chi connectivity index (χ2v) is 0.994. The van der Waals surface area contributed by atoms with Crippen LogP contribution in [-0.4, -0.2) is 5.17 Å². The third-order valence-corrected chi connectivity index (χ3v) is 0.548. The van der Waals surface area contributed by atoms with Crippen molar-refractivity contribution in [3.05, 3.63) is 0 Å². The van der Waals surface area contributed by atoms with Gasteiger partial charge >= 0.3 is 5.17 Å². The lowest BCUT2D eigenvalue weighted by Crippen LogP contribution is -2.03. The maximum atomic E-state index is 9.44. The van der Waals surface area contributed by atoms with E-state index in [9.17, 15) is 5.11 Å².